The van der Waals surface area contributed by atoms with Crippen LogP contribution in [0.15, 0.2) is 0 Å². The maximum absolute atomic E-state index is 8.50. The Labute approximate surface area is 107 Å². The average molecular weight is 273 g/mol. The molecule has 6 heteroatoms. The number of nitriles is 1. The summed E-state index contributed by atoms with van der Waals surface area (Å²) in [5, 5.41) is 8.50. The van der Waals surface area contributed by atoms with E-state index in [4.69, 9.17) is 18.9 Å². The number of hydrogen-bond donors (Lipinski definition) is 0. The van der Waals surface area contributed by atoms with Crippen LogP contribution in [0.1, 0.15) is 25.7 Å². The van der Waals surface area contributed by atoms with Crippen molar-refractivity contribution in [3.63, 3.8) is 0 Å². The van der Waals surface area contributed by atoms with Crippen molar-refractivity contribution < 1.29 is 13.6 Å². The molecule has 0 radical (unpaired) electrons. The molecular formula is C11H23NO3Si2. The van der Waals surface area contributed by atoms with Gasteiger partial charge in [-0.2, -0.15) is 5.26 Å². The summed E-state index contributed by atoms with van der Waals surface area (Å²) in [7, 11) is -2.19. The highest BCUT2D eigenvalue weighted by Crippen LogP contribution is 2.35. The Bertz CT molecular complexity index is 276. The van der Waals surface area contributed by atoms with Crippen LogP contribution in [0, 0.1) is 11.3 Å². The summed E-state index contributed by atoms with van der Waals surface area (Å²) in [6.45, 7) is 7.06. The molecule has 0 amide bonds. The van der Waals surface area contributed by atoms with Gasteiger partial charge in [0.05, 0.1) is 12.7 Å². The summed E-state index contributed by atoms with van der Waals surface area (Å²) in [6, 6.07) is 3.29. The second-order valence-electron chi connectivity index (χ2n) is 4.94. The maximum atomic E-state index is 8.50. The van der Waals surface area contributed by atoms with Gasteiger partial charge < -0.3 is 13.6 Å². The molecule has 1 aliphatic rings. The van der Waals surface area contributed by atoms with Gasteiger partial charge in [-0.05, 0) is 32.0 Å². The number of nitrogens with zero attached hydrogens (tertiary/aromatic N) is 1. The number of rotatable bonds is 6. The molecule has 1 atom stereocenters. The summed E-state index contributed by atoms with van der Waals surface area (Å²) in [5.74, 6) is -0.773. The van der Waals surface area contributed by atoms with Gasteiger partial charge >= 0.3 is 0 Å². The molecule has 1 aliphatic heterocycles. The van der Waals surface area contributed by atoms with Crippen LogP contribution in [0.3, 0.4) is 0 Å². The lowest BCUT2D eigenvalue weighted by Crippen LogP contribution is -2.52. The van der Waals surface area contributed by atoms with Crippen LogP contribution in [0.5, 0.6) is 0 Å². The quantitative estimate of drug-likeness (QED) is 0.422. The smallest absolute Gasteiger partial charge is 0.263 e. The van der Waals surface area contributed by atoms with Crippen molar-refractivity contribution in [2.75, 3.05) is 6.61 Å². The molecule has 0 aromatic carbocycles. The topological polar surface area (TPSA) is 51.5 Å². The molecule has 1 unspecified atom stereocenters. The Balaban J connectivity index is 2.52. The Kier molecular flexibility index (Phi) is 5.82. The van der Waals surface area contributed by atoms with Gasteiger partial charge in [-0.25, -0.2) is 0 Å². The van der Waals surface area contributed by atoms with Crippen molar-refractivity contribution in [2.24, 2.45) is 0 Å². The maximum Gasteiger partial charge on any atom is 0.263 e. The zero-order valence-electron chi connectivity index (χ0n) is 11.1. The van der Waals surface area contributed by atoms with Crippen LogP contribution in [-0.4, -0.2) is 30.7 Å². The van der Waals surface area contributed by atoms with Gasteiger partial charge in [-0.1, -0.05) is 6.55 Å². The van der Waals surface area contributed by atoms with E-state index in [1.807, 2.05) is 0 Å². The molecule has 98 valence electrons. The molecule has 0 N–H and O–H groups in total. The fraction of sp³-hybridized carbons (Fsp3) is 0.909. The first-order valence-corrected chi connectivity index (χ1v) is 11.5. The minimum absolute atomic E-state index is 0.528. The van der Waals surface area contributed by atoms with E-state index >= 15 is 0 Å². The fourth-order valence-electron chi connectivity index (χ4n) is 2.10. The van der Waals surface area contributed by atoms with Crippen LogP contribution in [-0.2, 0) is 13.6 Å². The van der Waals surface area contributed by atoms with Gasteiger partial charge in [0.25, 0.3) is 5.97 Å². The van der Waals surface area contributed by atoms with Gasteiger partial charge in [-0.15, -0.1) is 0 Å². The van der Waals surface area contributed by atoms with Crippen molar-refractivity contribution >= 4 is 18.1 Å². The van der Waals surface area contributed by atoms with Crippen LogP contribution in [0.2, 0.25) is 25.7 Å². The minimum Gasteiger partial charge on any atom is -0.377 e. The molecule has 0 aromatic rings. The Morgan fingerprint density at radius 3 is 2.88 bits per heavy atom. The predicted octanol–water partition coefficient (Wildman–Crippen LogP) is 2.12. The molecule has 0 saturated carbocycles. The number of hydrogen-bond acceptors (Lipinski definition) is 4. The van der Waals surface area contributed by atoms with E-state index in [-0.39, 0.29) is 0 Å². The number of ether oxygens (including phenoxy) is 1. The van der Waals surface area contributed by atoms with Gasteiger partial charge in [-0.3, -0.25) is 0 Å². The molecular weight excluding hydrogens is 250 g/mol. The first-order valence-electron chi connectivity index (χ1n) is 6.39. The monoisotopic (exact) mass is 273 g/mol. The summed E-state index contributed by atoms with van der Waals surface area (Å²) in [6.07, 6.45) is 3.22. The van der Waals surface area contributed by atoms with Gasteiger partial charge in [0.15, 0.2) is 18.1 Å². The van der Waals surface area contributed by atoms with Gasteiger partial charge in [0, 0.05) is 12.8 Å². The predicted molar refractivity (Wildman–Crippen MR) is 71.6 cm³/mol. The highest BCUT2D eigenvalue weighted by atomic mass is 28.4. The zero-order chi connectivity index (χ0) is 12.8. The van der Waals surface area contributed by atoms with E-state index < -0.39 is 24.1 Å². The molecule has 0 spiro atoms. The second kappa shape index (κ2) is 6.66. The molecule has 1 fully saturated rings. The summed E-state index contributed by atoms with van der Waals surface area (Å²) in [5.41, 5.74) is 0. The van der Waals surface area contributed by atoms with E-state index in [0.717, 1.165) is 19.3 Å². The second-order valence-corrected chi connectivity index (χ2v) is 10.0. The minimum atomic E-state index is -1.62. The molecule has 1 rings (SSSR count). The van der Waals surface area contributed by atoms with Gasteiger partial charge in [0.2, 0.25) is 0 Å². The molecule has 17 heavy (non-hydrogen) atoms. The van der Waals surface area contributed by atoms with Crippen molar-refractivity contribution in [2.45, 2.75) is 57.3 Å². The van der Waals surface area contributed by atoms with E-state index in [0.29, 0.717) is 13.0 Å². The zero-order valence-corrected chi connectivity index (χ0v) is 13.5. The van der Waals surface area contributed by atoms with Crippen molar-refractivity contribution in [1.29, 1.82) is 5.26 Å². The van der Waals surface area contributed by atoms with E-state index in [2.05, 4.69) is 25.7 Å². The van der Waals surface area contributed by atoms with Crippen LogP contribution in [0.25, 0.3) is 0 Å². The molecule has 0 aromatic heterocycles. The first-order chi connectivity index (χ1) is 8.04. The van der Waals surface area contributed by atoms with E-state index in [1.165, 1.54) is 6.04 Å². The Hall–Kier alpha value is -0.196. The Morgan fingerprint density at radius 2 is 2.29 bits per heavy atom. The van der Waals surface area contributed by atoms with Crippen LogP contribution >= 0.6 is 0 Å². The highest BCUT2D eigenvalue weighted by Gasteiger charge is 2.43. The molecule has 0 bridgehead atoms. The van der Waals surface area contributed by atoms with Crippen LogP contribution < -0.4 is 0 Å². The third-order valence-corrected chi connectivity index (χ3v) is 5.96. The van der Waals surface area contributed by atoms with Gasteiger partial charge in [0.1, 0.15) is 0 Å². The van der Waals surface area contributed by atoms with Crippen molar-refractivity contribution in [3.05, 3.63) is 0 Å². The standard InChI is InChI=1S/C11H23NO3Si2/c1-16-14-11(13-9-5-4-8-12)7-6-10-17(2,3)15-11/h4-7,9-10,16H2,1-3H3. The lowest BCUT2D eigenvalue weighted by atomic mass is 10.3. The molecule has 1 saturated heterocycles. The molecule has 0 aliphatic carbocycles. The Morgan fingerprint density at radius 1 is 1.53 bits per heavy atom. The lowest BCUT2D eigenvalue weighted by Gasteiger charge is -2.43. The SMILES string of the molecule is C[SiH2]OC1(OCCCC#N)CCC[Si](C)(C)O1. The largest absolute Gasteiger partial charge is 0.377 e. The third-order valence-electron chi connectivity index (χ3n) is 2.81. The first kappa shape index (κ1) is 14.9. The lowest BCUT2D eigenvalue weighted by molar-refractivity contribution is -0.317. The third kappa shape index (κ3) is 4.89. The highest BCUT2D eigenvalue weighted by molar-refractivity contribution is 6.71. The van der Waals surface area contributed by atoms with E-state index in [1.54, 1.807) is 0 Å². The van der Waals surface area contributed by atoms with Crippen molar-refractivity contribution in [1.82, 2.24) is 0 Å². The summed E-state index contributed by atoms with van der Waals surface area (Å²) in [4.78, 5) is 0. The van der Waals surface area contributed by atoms with E-state index in [9.17, 15) is 0 Å². The normalized spacial score (nSPS) is 28.4. The summed E-state index contributed by atoms with van der Waals surface area (Å²) < 4.78 is 17.8. The fourth-order valence-corrected chi connectivity index (χ4v) is 5.13. The average Bonchev–Trinajstić information content (AvgIpc) is 2.23. The van der Waals surface area contributed by atoms with Crippen LogP contribution in [0.4, 0.5) is 0 Å². The number of unbranched alkanes of at least 4 members (excludes halogenated alkanes) is 1. The van der Waals surface area contributed by atoms with Crippen molar-refractivity contribution in [3.8, 4) is 6.07 Å². The summed E-state index contributed by atoms with van der Waals surface area (Å²) >= 11 is 0. The molecule has 4 nitrogen and oxygen atoms in total. The molecule has 1 heterocycles.